The van der Waals surface area contributed by atoms with Crippen LogP contribution in [-0.2, 0) is 17.6 Å². The van der Waals surface area contributed by atoms with E-state index in [4.69, 9.17) is 11.6 Å². The number of halogens is 1. The minimum atomic E-state index is 0.197. The Bertz CT molecular complexity index is 651. The Morgan fingerprint density at radius 1 is 1.19 bits per heavy atom. The maximum Gasteiger partial charge on any atom is 0.227 e. The first kappa shape index (κ1) is 14.2. The predicted molar refractivity (Wildman–Crippen MR) is 86.9 cm³/mol. The molecular weight excluding hydrogens is 282 g/mol. The molecule has 0 N–H and O–H groups in total. The van der Waals surface area contributed by atoms with Gasteiger partial charge in [-0.15, -0.1) is 0 Å². The second kappa shape index (κ2) is 5.90. The Labute approximate surface area is 130 Å². The summed E-state index contributed by atoms with van der Waals surface area (Å²) in [6.45, 7) is 2.11. The fourth-order valence-corrected chi connectivity index (χ4v) is 3.09. The van der Waals surface area contributed by atoms with Crippen molar-refractivity contribution in [3.8, 4) is 0 Å². The highest BCUT2D eigenvalue weighted by Gasteiger charge is 2.29. The van der Waals surface area contributed by atoms with E-state index in [0.29, 0.717) is 6.42 Å². The van der Waals surface area contributed by atoms with Crippen molar-refractivity contribution < 1.29 is 4.79 Å². The Kier molecular flexibility index (Phi) is 3.98. The smallest absolute Gasteiger partial charge is 0.227 e. The molecule has 1 amide bonds. The van der Waals surface area contributed by atoms with Crippen molar-refractivity contribution in [2.45, 2.75) is 32.2 Å². The number of carbonyl (C=O) groups excluding carboxylic acids is 1. The van der Waals surface area contributed by atoms with Gasteiger partial charge in [0, 0.05) is 23.2 Å². The summed E-state index contributed by atoms with van der Waals surface area (Å²) >= 11 is 5.88. The molecule has 108 valence electrons. The highest BCUT2D eigenvalue weighted by atomic mass is 35.5. The van der Waals surface area contributed by atoms with Crippen LogP contribution in [0.25, 0.3) is 0 Å². The molecule has 2 nitrogen and oxygen atoms in total. The van der Waals surface area contributed by atoms with Gasteiger partial charge >= 0.3 is 0 Å². The number of aryl methyl sites for hydroxylation is 1. The summed E-state index contributed by atoms with van der Waals surface area (Å²) in [5.41, 5.74) is 3.49. The van der Waals surface area contributed by atoms with E-state index in [1.54, 1.807) is 0 Å². The molecule has 0 saturated carbocycles. The predicted octanol–water partition coefficient (Wildman–Crippen LogP) is 4.25. The van der Waals surface area contributed by atoms with Gasteiger partial charge in [-0.2, -0.15) is 0 Å². The molecule has 2 aromatic carbocycles. The summed E-state index contributed by atoms with van der Waals surface area (Å²) in [6, 6.07) is 16.1. The molecule has 0 unspecified atom stereocenters. The van der Waals surface area contributed by atoms with E-state index in [0.717, 1.165) is 29.1 Å². The standard InChI is InChI=1S/C18H18ClNO/c1-13-12-15-4-2-3-5-17(15)20(13)18(21)11-8-14-6-9-16(19)10-7-14/h2-7,9-10,13H,8,11-12H2,1H3/t13-/m1/s1. The van der Waals surface area contributed by atoms with Crippen molar-refractivity contribution in [3.63, 3.8) is 0 Å². The number of nitrogens with zero attached hydrogens (tertiary/aromatic N) is 1. The topological polar surface area (TPSA) is 20.3 Å². The van der Waals surface area contributed by atoms with Gasteiger partial charge in [-0.05, 0) is 49.1 Å². The Hall–Kier alpha value is -1.80. The van der Waals surface area contributed by atoms with Crippen molar-refractivity contribution in [3.05, 3.63) is 64.7 Å². The second-order valence-corrected chi connectivity index (χ2v) is 6.01. The molecule has 0 spiro atoms. The van der Waals surface area contributed by atoms with Gasteiger partial charge in [0.15, 0.2) is 0 Å². The van der Waals surface area contributed by atoms with Crippen molar-refractivity contribution >= 4 is 23.2 Å². The minimum absolute atomic E-state index is 0.197. The normalized spacial score (nSPS) is 16.9. The molecule has 3 heteroatoms. The van der Waals surface area contributed by atoms with E-state index in [1.165, 1.54) is 5.56 Å². The van der Waals surface area contributed by atoms with E-state index in [-0.39, 0.29) is 11.9 Å². The van der Waals surface area contributed by atoms with Crippen LogP contribution in [0.1, 0.15) is 24.5 Å². The zero-order valence-corrected chi connectivity index (χ0v) is 12.8. The zero-order chi connectivity index (χ0) is 14.8. The summed E-state index contributed by atoms with van der Waals surface area (Å²) in [6.07, 6.45) is 2.23. The van der Waals surface area contributed by atoms with Gasteiger partial charge in [0.1, 0.15) is 0 Å². The number of benzene rings is 2. The van der Waals surface area contributed by atoms with E-state index in [9.17, 15) is 4.79 Å². The highest BCUT2D eigenvalue weighted by Crippen LogP contribution is 2.32. The summed E-state index contributed by atoms with van der Waals surface area (Å²) < 4.78 is 0. The van der Waals surface area contributed by atoms with Gasteiger partial charge in [0.25, 0.3) is 0 Å². The molecule has 1 heterocycles. The Balaban J connectivity index is 1.70. The van der Waals surface area contributed by atoms with Gasteiger partial charge in [0.05, 0.1) is 0 Å². The monoisotopic (exact) mass is 299 g/mol. The number of carbonyl (C=O) groups is 1. The fraction of sp³-hybridized carbons (Fsp3) is 0.278. The van der Waals surface area contributed by atoms with E-state index in [1.807, 2.05) is 47.4 Å². The third kappa shape index (κ3) is 2.96. The zero-order valence-electron chi connectivity index (χ0n) is 12.1. The first-order valence-electron chi connectivity index (χ1n) is 7.29. The van der Waals surface area contributed by atoms with Crippen LogP contribution < -0.4 is 4.90 Å². The number of hydrogen-bond acceptors (Lipinski definition) is 1. The van der Waals surface area contributed by atoms with Crippen molar-refractivity contribution in [2.24, 2.45) is 0 Å². The molecule has 0 aliphatic carbocycles. The molecule has 21 heavy (non-hydrogen) atoms. The third-order valence-corrected chi connectivity index (χ3v) is 4.27. The molecule has 0 bridgehead atoms. The molecule has 0 saturated heterocycles. The highest BCUT2D eigenvalue weighted by molar-refractivity contribution is 6.30. The Morgan fingerprint density at radius 3 is 2.67 bits per heavy atom. The molecule has 1 atom stereocenters. The van der Waals surface area contributed by atoms with Gasteiger partial charge in [-0.3, -0.25) is 4.79 Å². The number of amides is 1. The third-order valence-electron chi connectivity index (χ3n) is 4.02. The van der Waals surface area contributed by atoms with Crippen LogP contribution in [0.5, 0.6) is 0 Å². The van der Waals surface area contributed by atoms with Crippen LogP contribution in [0.3, 0.4) is 0 Å². The molecule has 1 aliphatic heterocycles. The molecule has 1 aliphatic rings. The van der Waals surface area contributed by atoms with Crippen LogP contribution in [0.15, 0.2) is 48.5 Å². The largest absolute Gasteiger partial charge is 0.309 e. The molecule has 0 radical (unpaired) electrons. The lowest BCUT2D eigenvalue weighted by atomic mass is 10.1. The second-order valence-electron chi connectivity index (χ2n) is 5.57. The first-order valence-corrected chi connectivity index (χ1v) is 7.67. The van der Waals surface area contributed by atoms with Crippen molar-refractivity contribution in [2.75, 3.05) is 4.90 Å². The van der Waals surface area contributed by atoms with E-state index in [2.05, 4.69) is 13.0 Å². The molecule has 3 rings (SSSR count). The van der Waals surface area contributed by atoms with Crippen LogP contribution in [0.2, 0.25) is 5.02 Å². The van der Waals surface area contributed by atoms with Gasteiger partial charge in [0.2, 0.25) is 5.91 Å². The SMILES string of the molecule is C[C@@H]1Cc2ccccc2N1C(=O)CCc1ccc(Cl)cc1. The number of fused-ring (bicyclic) bond motifs is 1. The summed E-state index contributed by atoms with van der Waals surface area (Å²) in [5.74, 6) is 0.197. The minimum Gasteiger partial charge on any atom is -0.309 e. The quantitative estimate of drug-likeness (QED) is 0.829. The van der Waals surface area contributed by atoms with Crippen LogP contribution in [0, 0.1) is 0 Å². The lowest BCUT2D eigenvalue weighted by molar-refractivity contribution is -0.118. The van der Waals surface area contributed by atoms with Gasteiger partial charge in [-0.1, -0.05) is 41.9 Å². The lowest BCUT2D eigenvalue weighted by Gasteiger charge is -2.22. The fourth-order valence-electron chi connectivity index (χ4n) is 2.97. The molecule has 0 aromatic heterocycles. The average Bonchev–Trinajstić information content (AvgIpc) is 2.82. The van der Waals surface area contributed by atoms with Crippen LogP contribution in [0.4, 0.5) is 5.69 Å². The average molecular weight is 300 g/mol. The number of hydrogen-bond donors (Lipinski definition) is 0. The molecular formula is C18H18ClNO. The maximum atomic E-state index is 12.6. The summed E-state index contributed by atoms with van der Waals surface area (Å²) in [5, 5.41) is 0.729. The van der Waals surface area contributed by atoms with Crippen LogP contribution >= 0.6 is 11.6 Å². The van der Waals surface area contributed by atoms with Gasteiger partial charge in [-0.25, -0.2) is 0 Å². The van der Waals surface area contributed by atoms with Crippen LogP contribution in [-0.4, -0.2) is 11.9 Å². The van der Waals surface area contributed by atoms with E-state index < -0.39 is 0 Å². The summed E-state index contributed by atoms with van der Waals surface area (Å²) in [4.78, 5) is 14.5. The van der Waals surface area contributed by atoms with Crippen molar-refractivity contribution in [1.82, 2.24) is 0 Å². The first-order chi connectivity index (χ1) is 10.1. The number of rotatable bonds is 3. The maximum absolute atomic E-state index is 12.6. The lowest BCUT2D eigenvalue weighted by Crippen LogP contribution is -2.35. The Morgan fingerprint density at radius 2 is 1.90 bits per heavy atom. The molecule has 0 fully saturated rings. The van der Waals surface area contributed by atoms with Crippen molar-refractivity contribution in [1.29, 1.82) is 0 Å². The number of anilines is 1. The molecule has 2 aromatic rings. The summed E-state index contributed by atoms with van der Waals surface area (Å²) in [7, 11) is 0. The van der Waals surface area contributed by atoms with E-state index >= 15 is 0 Å². The number of para-hydroxylation sites is 1. The van der Waals surface area contributed by atoms with Gasteiger partial charge < -0.3 is 4.90 Å².